The number of nitrogens with zero attached hydrogens (tertiary/aromatic N) is 6. The van der Waals surface area contributed by atoms with Crippen molar-refractivity contribution in [2.24, 2.45) is 0 Å². The molecule has 4 aromatic carbocycles. The number of para-hydroxylation sites is 2. The summed E-state index contributed by atoms with van der Waals surface area (Å²) in [6.45, 7) is 17.6. The van der Waals surface area contributed by atoms with Gasteiger partial charge in [0.1, 0.15) is 0 Å². The molecule has 0 fully saturated rings. The summed E-state index contributed by atoms with van der Waals surface area (Å²) in [5, 5.41) is 2.57. The van der Waals surface area contributed by atoms with E-state index in [1.165, 1.54) is 84.3 Å². The highest BCUT2D eigenvalue weighted by Gasteiger charge is 2.32. The summed E-state index contributed by atoms with van der Waals surface area (Å²) < 4.78 is 2.49. The molecular weight excluding hydrogens is 564 g/mol. The van der Waals surface area contributed by atoms with Gasteiger partial charge in [-0.25, -0.2) is 0 Å². The summed E-state index contributed by atoms with van der Waals surface area (Å²) in [6.07, 6.45) is 0. The number of benzene rings is 4. The van der Waals surface area contributed by atoms with Crippen LogP contribution in [0.3, 0.4) is 0 Å². The Morgan fingerprint density at radius 2 is 1.17 bits per heavy atom. The van der Waals surface area contributed by atoms with E-state index >= 15 is 0 Å². The first kappa shape index (κ1) is 28.6. The maximum absolute atomic E-state index is 2.52. The smallest absolute Gasteiger partial charge is 0.0943 e. The molecule has 0 N–H and O–H groups in total. The fourth-order valence-corrected chi connectivity index (χ4v) is 7.54. The summed E-state index contributed by atoms with van der Waals surface area (Å²) in [5.41, 5.74) is 16.3. The largest absolute Gasteiger partial charge is 0.359 e. The highest BCUT2D eigenvalue weighted by molar-refractivity contribution is 6.16. The average molecular weight is 609 g/mol. The van der Waals surface area contributed by atoms with Gasteiger partial charge < -0.3 is 29.1 Å². The molecular formula is C40H44N6. The number of fused-ring (bicyclic) bond motifs is 5. The Hall–Kier alpha value is -4.84. The number of aromatic nitrogens is 1. The molecule has 0 aliphatic carbocycles. The molecule has 0 saturated heterocycles. The molecule has 8 rings (SSSR count). The van der Waals surface area contributed by atoms with Crippen molar-refractivity contribution in [1.82, 2.24) is 14.4 Å². The molecule has 46 heavy (non-hydrogen) atoms. The van der Waals surface area contributed by atoms with Gasteiger partial charge in [0.2, 0.25) is 0 Å². The highest BCUT2D eigenvalue weighted by Crippen LogP contribution is 2.52. The second-order valence-electron chi connectivity index (χ2n) is 14.4. The molecule has 3 aliphatic heterocycles. The van der Waals surface area contributed by atoms with E-state index in [0.717, 1.165) is 13.3 Å². The summed E-state index contributed by atoms with van der Waals surface area (Å²) >= 11 is 0. The van der Waals surface area contributed by atoms with Gasteiger partial charge in [-0.15, -0.1) is 0 Å². The van der Waals surface area contributed by atoms with Crippen LogP contribution in [0.25, 0.3) is 27.5 Å². The lowest BCUT2D eigenvalue weighted by molar-refractivity contribution is 0.459. The average Bonchev–Trinajstić information content (AvgIpc) is 3.62. The third-order valence-corrected chi connectivity index (χ3v) is 10.7. The minimum absolute atomic E-state index is 0.0238. The number of allylic oxidation sites excluding steroid dienone is 4. The maximum Gasteiger partial charge on any atom is 0.0943 e. The molecule has 4 heterocycles. The monoisotopic (exact) mass is 608 g/mol. The third-order valence-electron chi connectivity index (χ3n) is 10.7. The van der Waals surface area contributed by atoms with E-state index in [0.29, 0.717) is 0 Å². The van der Waals surface area contributed by atoms with Crippen LogP contribution < -0.4 is 14.7 Å². The molecule has 0 radical (unpaired) electrons. The number of hydrogen-bond acceptors (Lipinski definition) is 5. The Kier molecular flexibility index (Phi) is 6.12. The normalized spacial score (nSPS) is 16.7. The zero-order valence-electron chi connectivity index (χ0n) is 28.6. The maximum atomic E-state index is 2.52. The SMILES string of the molecule is CC1=C(C)N(c2cc(N3c4cc(N5CN(C)C(C)=C5C)ccc4-n4c5ccccc5c5cccc3c54)cc(C(C)(C)C)c2)CN1C. The molecule has 234 valence electrons. The van der Waals surface area contributed by atoms with Crippen molar-refractivity contribution in [2.45, 2.75) is 53.9 Å². The van der Waals surface area contributed by atoms with E-state index in [1.807, 2.05) is 0 Å². The van der Waals surface area contributed by atoms with Crippen LogP contribution in [-0.2, 0) is 5.41 Å². The van der Waals surface area contributed by atoms with Gasteiger partial charge in [-0.3, -0.25) is 0 Å². The Balaban J connectivity index is 1.43. The third kappa shape index (κ3) is 4.02. The number of anilines is 5. The molecule has 0 atom stereocenters. The van der Waals surface area contributed by atoms with Crippen LogP contribution in [0.1, 0.15) is 54.0 Å². The van der Waals surface area contributed by atoms with Crippen LogP contribution in [-0.4, -0.2) is 41.8 Å². The number of hydrogen-bond donors (Lipinski definition) is 0. The van der Waals surface area contributed by atoms with Crippen LogP contribution in [0.4, 0.5) is 28.4 Å². The molecule has 3 aliphatic rings. The molecule has 6 heteroatoms. The van der Waals surface area contributed by atoms with Gasteiger partial charge >= 0.3 is 0 Å². The Bertz CT molecular complexity index is 2140. The van der Waals surface area contributed by atoms with E-state index in [9.17, 15) is 0 Å². The molecule has 0 amide bonds. The molecule has 0 bridgehead atoms. The molecule has 0 saturated carbocycles. The Labute approximate surface area is 273 Å². The fourth-order valence-electron chi connectivity index (χ4n) is 7.54. The van der Waals surface area contributed by atoms with Gasteiger partial charge in [-0.2, -0.15) is 0 Å². The Morgan fingerprint density at radius 1 is 0.543 bits per heavy atom. The predicted octanol–water partition coefficient (Wildman–Crippen LogP) is 9.79. The minimum atomic E-state index is -0.0238. The van der Waals surface area contributed by atoms with Crippen molar-refractivity contribution in [3.8, 4) is 5.69 Å². The summed E-state index contributed by atoms with van der Waals surface area (Å²) in [7, 11) is 4.36. The van der Waals surface area contributed by atoms with Gasteiger partial charge in [-0.1, -0.05) is 51.1 Å². The highest BCUT2D eigenvalue weighted by atomic mass is 15.4. The number of rotatable bonds is 3. The van der Waals surface area contributed by atoms with Crippen molar-refractivity contribution >= 4 is 50.2 Å². The van der Waals surface area contributed by atoms with Crippen molar-refractivity contribution in [3.63, 3.8) is 0 Å². The molecule has 0 spiro atoms. The Morgan fingerprint density at radius 3 is 1.83 bits per heavy atom. The summed E-state index contributed by atoms with van der Waals surface area (Å²) in [5.74, 6) is 0. The lowest BCUT2D eigenvalue weighted by Gasteiger charge is -2.36. The first-order chi connectivity index (χ1) is 21.9. The predicted molar refractivity (Wildman–Crippen MR) is 195 cm³/mol. The molecule has 0 unspecified atom stereocenters. The van der Waals surface area contributed by atoms with Crippen LogP contribution in [0.15, 0.2) is 102 Å². The standard InChI is InChI=1S/C40H44N6/c1-25-27(3)43(23-41(25)8)30-17-18-36-38(22-30)45(37-16-12-14-34-33-13-10-11-15-35(33)46(36)39(34)37)32-20-29(40(5,6)7)19-31(21-32)44-24-42(9)26(2)28(44)4/h10-22H,23-24H2,1-9H3. The molecule has 6 nitrogen and oxygen atoms in total. The van der Waals surface area contributed by atoms with Gasteiger partial charge in [0, 0.05) is 64.7 Å². The van der Waals surface area contributed by atoms with E-state index in [2.05, 4.69) is 170 Å². The zero-order valence-corrected chi connectivity index (χ0v) is 28.6. The van der Waals surface area contributed by atoms with Gasteiger partial charge in [0.15, 0.2) is 0 Å². The lowest BCUT2D eigenvalue weighted by atomic mass is 9.86. The van der Waals surface area contributed by atoms with E-state index in [4.69, 9.17) is 0 Å². The molecule has 1 aromatic heterocycles. The van der Waals surface area contributed by atoms with Crippen LogP contribution in [0.5, 0.6) is 0 Å². The fraction of sp³-hybridized carbons (Fsp3) is 0.300. The summed E-state index contributed by atoms with van der Waals surface area (Å²) in [6, 6.07) is 29.9. The minimum Gasteiger partial charge on any atom is -0.359 e. The van der Waals surface area contributed by atoms with Crippen molar-refractivity contribution in [3.05, 3.63) is 107 Å². The second kappa shape index (κ2) is 9.83. The van der Waals surface area contributed by atoms with Crippen LogP contribution in [0.2, 0.25) is 0 Å². The van der Waals surface area contributed by atoms with E-state index < -0.39 is 0 Å². The topological polar surface area (TPSA) is 21.1 Å². The van der Waals surface area contributed by atoms with E-state index in [1.54, 1.807) is 0 Å². The lowest BCUT2D eigenvalue weighted by Crippen LogP contribution is -2.26. The first-order valence-corrected chi connectivity index (χ1v) is 16.4. The van der Waals surface area contributed by atoms with Crippen LogP contribution in [0, 0.1) is 0 Å². The first-order valence-electron chi connectivity index (χ1n) is 16.4. The van der Waals surface area contributed by atoms with Gasteiger partial charge in [-0.05, 0) is 87.2 Å². The molecule has 5 aromatic rings. The van der Waals surface area contributed by atoms with Crippen molar-refractivity contribution < 1.29 is 0 Å². The van der Waals surface area contributed by atoms with Gasteiger partial charge in [0.25, 0.3) is 0 Å². The van der Waals surface area contributed by atoms with Gasteiger partial charge in [0.05, 0.1) is 41.4 Å². The zero-order chi connectivity index (χ0) is 32.2. The van der Waals surface area contributed by atoms with Crippen molar-refractivity contribution in [2.75, 3.05) is 42.1 Å². The second-order valence-corrected chi connectivity index (χ2v) is 14.4. The van der Waals surface area contributed by atoms with E-state index in [-0.39, 0.29) is 5.41 Å². The van der Waals surface area contributed by atoms with Crippen LogP contribution >= 0.6 is 0 Å². The quantitative estimate of drug-likeness (QED) is 0.199. The summed E-state index contributed by atoms with van der Waals surface area (Å²) in [4.78, 5) is 12.1. The van der Waals surface area contributed by atoms with Crippen molar-refractivity contribution in [1.29, 1.82) is 0 Å².